The first-order chi connectivity index (χ1) is 12.6. The second-order valence-electron chi connectivity index (χ2n) is 7.25. The average Bonchev–Trinajstić information content (AvgIpc) is 2.64. The van der Waals surface area contributed by atoms with E-state index in [2.05, 4.69) is 0 Å². The smallest absolute Gasteiger partial charge is 0.200 e. The maximum atomic E-state index is 12.7. The second-order valence-corrected chi connectivity index (χ2v) is 7.25. The monoisotopic (exact) mass is 350 g/mol. The molecule has 1 aliphatic rings. The van der Waals surface area contributed by atoms with Gasteiger partial charge in [-0.3, -0.25) is 4.79 Å². The Morgan fingerprint density at radius 3 is 2.54 bits per heavy atom. The lowest BCUT2D eigenvalue weighted by atomic mass is 9.84. The van der Waals surface area contributed by atoms with Crippen molar-refractivity contribution in [2.24, 2.45) is 5.92 Å². The standard InChI is InChI=1S/C22H22O4/c1-14(23)12-15-6-8-16(9-7-15)25-17-10-11-21-19(13-17)22(24)18-4-2-3-5-20(18)26-21/h2-5,10-11,13,15-16H,6-9,12H2,1H3/t15-,16-. The van der Waals surface area contributed by atoms with Gasteiger partial charge in [-0.25, -0.2) is 0 Å². The van der Waals surface area contributed by atoms with Gasteiger partial charge < -0.3 is 13.9 Å². The van der Waals surface area contributed by atoms with Gasteiger partial charge in [0.15, 0.2) is 0 Å². The van der Waals surface area contributed by atoms with Crippen LogP contribution in [0.5, 0.6) is 5.75 Å². The number of ketones is 1. The molecular formula is C22H22O4. The van der Waals surface area contributed by atoms with Crippen molar-refractivity contribution < 1.29 is 13.9 Å². The van der Waals surface area contributed by atoms with Gasteiger partial charge in [0, 0.05) is 6.42 Å². The Morgan fingerprint density at radius 1 is 1.04 bits per heavy atom. The van der Waals surface area contributed by atoms with Crippen LogP contribution in [0.1, 0.15) is 39.0 Å². The van der Waals surface area contributed by atoms with E-state index in [1.807, 2.05) is 18.2 Å². The minimum absolute atomic E-state index is 0.0301. The van der Waals surface area contributed by atoms with E-state index in [1.54, 1.807) is 31.2 Å². The molecule has 1 saturated carbocycles. The van der Waals surface area contributed by atoms with Crippen LogP contribution in [0.4, 0.5) is 0 Å². The molecule has 0 N–H and O–H groups in total. The molecule has 1 heterocycles. The largest absolute Gasteiger partial charge is 0.490 e. The van der Waals surface area contributed by atoms with Crippen LogP contribution in [-0.2, 0) is 4.79 Å². The van der Waals surface area contributed by atoms with E-state index < -0.39 is 0 Å². The predicted molar refractivity (Wildman–Crippen MR) is 102 cm³/mol. The van der Waals surface area contributed by atoms with Crippen molar-refractivity contribution in [3.05, 3.63) is 52.7 Å². The summed E-state index contributed by atoms with van der Waals surface area (Å²) >= 11 is 0. The second kappa shape index (κ2) is 6.94. The molecule has 134 valence electrons. The van der Waals surface area contributed by atoms with Crippen molar-refractivity contribution in [1.82, 2.24) is 0 Å². The molecule has 1 fully saturated rings. The van der Waals surface area contributed by atoms with Gasteiger partial charge in [-0.15, -0.1) is 0 Å². The molecule has 26 heavy (non-hydrogen) atoms. The van der Waals surface area contributed by atoms with Crippen LogP contribution in [0.3, 0.4) is 0 Å². The summed E-state index contributed by atoms with van der Waals surface area (Å²) in [7, 11) is 0. The van der Waals surface area contributed by atoms with E-state index in [0.29, 0.717) is 40.0 Å². The van der Waals surface area contributed by atoms with Gasteiger partial charge >= 0.3 is 0 Å². The summed E-state index contributed by atoms with van der Waals surface area (Å²) in [5.41, 5.74) is 1.14. The summed E-state index contributed by atoms with van der Waals surface area (Å²) in [6.45, 7) is 1.66. The van der Waals surface area contributed by atoms with Gasteiger partial charge in [0.1, 0.15) is 22.7 Å². The van der Waals surface area contributed by atoms with Gasteiger partial charge in [0.25, 0.3) is 0 Å². The topological polar surface area (TPSA) is 56.5 Å². The van der Waals surface area contributed by atoms with Crippen LogP contribution in [0.15, 0.2) is 51.7 Å². The number of para-hydroxylation sites is 1. The lowest BCUT2D eigenvalue weighted by molar-refractivity contribution is -0.118. The zero-order chi connectivity index (χ0) is 18.1. The normalized spacial score (nSPS) is 20.3. The third-order valence-electron chi connectivity index (χ3n) is 5.22. The summed E-state index contributed by atoms with van der Waals surface area (Å²) in [6.07, 6.45) is 4.75. The highest BCUT2D eigenvalue weighted by atomic mass is 16.5. The molecule has 1 aliphatic carbocycles. The molecule has 0 atom stereocenters. The molecule has 0 radical (unpaired) electrons. The first kappa shape index (κ1) is 16.8. The fourth-order valence-corrected chi connectivity index (χ4v) is 3.91. The van der Waals surface area contributed by atoms with E-state index in [4.69, 9.17) is 9.15 Å². The van der Waals surface area contributed by atoms with Crippen molar-refractivity contribution in [3.63, 3.8) is 0 Å². The SMILES string of the molecule is CC(=O)C[C@H]1CC[C@H](Oc2ccc3oc4ccccc4c(=O)c3c2)CC1. The molecule has 4 rings (SSSR count). The molecule has 1 aromatic heterocycles. The summed E-state index contributed by atoms with van der Waals surface area (Å²) in [6, 6.07) is 12.7. The number of ether oxygens (including phenoxy) is 1. The number of hydrogen-bond acceptors (Lipinski definition) is 4. The van der Waals surface area contributed by atoms with Gasteiger partial charge in [-0.1, -0.05) is 12.1 Å². The minimum Gasteiger partial charge on any atom is -0.490 e. The average molecular weight is 350 g/mol. The third-order valence-corrected chi connectivity index (χ3v) is 5.22. The van der Waals surface area contributed by atoms with E-state index >= 15 is 0 Å². The molecule has 0 amide bonds. The number of benzene rings is 2. The zero-order valence-corrected chi connectivity index (χ0v) is 14.9. The van der Waals surface area contributed by atoms with Crippen LogP contribution >= 0.6 is 0 Å². The molecule has 0 saturated heterocycles. The highest BCUT2D eigenvalue weighted by molar-refractivity contribution is 5.90. The van der Waals surface area contributed by atoms with Gasteiger partial charge in [0.2, 0.25) is 5.43 Å². The van der Waals surface area contributed by atoms with Crippen LogP contribution in [0, 0.1) is 5.92 Å². The van der Waals surface area contributed by atoms with Gasteiger partial charge in [-0.05, 0) is 68.9 Å². The van der Waals surface area contributed by atoms with E-state index in [1.165, 1.54) is 0 Å². The predicted octanol–water partition coefficient (Wildman–Crippen LogP) is 4.86. The summed E-state index contributed by atoms with van der Waals surface area (Å²) < 4.78 is 12.0. The number of hydrogen-bond donors (Lipinski definition) is 0. The van der Waals surface area contributed by atoms with Crippen molar-refractivity contribution >= 4 is 27.7 Å². The molecule has 0 unspecified atom stereocenters. The number of rotatable bonds is 4. The summed E-state index contributed by atoms with van der Waals surface area (Å²) in [5.74, 6) is 1.46. The number of fused-ring (bicyclic) bond motifs is 2. The van der Waals surface area contributed by atoms with Crippen molar-refractivity contribution in [2.45, 2.75) is 45.1 Å². The molecule has 4 heteroatoms. The third kappa shape index (κ3) is 3.36. The highest BCUT2D eigenvalue weighted by Gasteiger charge is 2.23. The molecule has 0 bridgehead atoms. The Labute approximate surface area is 151 Å². The Balaban J connectivity index is 1.55. The van der Waals surface area contributed by atoms with Crippen molar-refractivity contribution in [3.8, 4) is 5.75 Å². The summed E-state index contributed by atoms with van der Waals surface area (Å²) in [5, 5.41) is 1.13. The Kier molecular flexibility index (Phi) is 4.49. The zero-order valence-electron chi connectivity index (χ0n) is 14.9. The number of carbonyl (C=O) groups excluding carboxylic acids is 1. The molecule has 0 aliphatic heterocycles. The maximum absolute atomic E-state index is 12.7. The van der Waals surface area contributed by atoms with Crippen LogP contribution < -0.4 is 10.2 Å². The maximum Gasteiger partial charge on any atom is 0.200 e. The molecule has 4 nitrogen and oxygen atoms in total. The lowest BCUT2D eigenvalue weighted by Crippen LogP contribution is -2.25. The Hall–Kier alpha value is -2.62. The molecule has 0 spiro atoms. The Morgan fingerprint density at radius 2 is 1.77 bits per heavy atom. The van der Waals surface area contributed by atoms with Crippen LogP contribution in [0.2, 0.25) is 0 Å². The molecule has 2 aromatic carbocycles. The van der Waals surface area contributed by atoms with Crippen molar-refractivity contribution in [1.29, 1.82) is 0 Å². The first-order valence-electron chi connectivity index (χ1n) is 9.22. The fourth-order valence-electron chi connectivity index (χ4n) is 3.91. The van der Waals surface area contributed by atoms with E-state index in [0.717, 1.165) is 25.7 Å². The lowest BCUT2D eigenvalue weighted by Gasteiger charge is -2.28. The molecule has 3 aromatic rings. The minimum atomic E-state index is -0.0301. The van der Waals surface area contributed by atoms with Gasteiger partial charge in [0.05, 0.1) is 16.9 Å². The Bertz CT molecular complexity index is 1010. The summed E-state index contributed by atoms with van der Waals surface area (Å²) in [4.78, 5) is 24.0. The quantitative estimate of drug-likeness (QED) is 0.630. The van der Waals surface area contributed by atoms with Crippen LogP contribution in [0.25, 0.3) is 21.9 Å². The number of Topliss-reactive ketones (excluding diaryl/α,β-unsaturated/α-hetero) is 1. The van der Waals surface area contributed by atoms with E-state index in [9.17, 15) is 9.59 Å². The first-order valence-corrected chi connectivity index (χ1v) is 9.22. The highest BCUT2D eigenvalue weighted by Crippen LogP contribution is 2.31. The van der Waals surface area contributed by atoms with E-state index in [-0.39, 0.29) is 17.3 Å². The fraction of sp³-hybridized carbons (Fsp3) is 0.364. The molecular weight excluding hydrogens is 328 g/mol. The van der Waals surface area contributed by atoms with Gasteiger partial charge in [-0.2, -0.15) is 0 Å². The van der Waals surface area contributed by atoms with Crippen molar-refractivity contribution in [2.75, 3.05) is 0 Å². The number of carbonyl (C=O) groups is 1. The van der Waals surface area contributed by atoms with Crippen LogP contribution in [-0.4, -0.2) is 11.9 Å².